The zero-order valence-electron chi connectivity index (χ0n) is 17.3. The van der Waals surface area contributed by atoms with Crippen LogP contribution < -0.4 is 15.2 Å². The molecule has 29 heavy (non-hydrogen) atoms. The number of nitrogens with zero attached hydrogens (tertiary/aromatic N) is 2. The van der Waals surface area contributed by atoms with Gasteiger partial charge in [-0.05, 0) is 54.8 Å². The van der Waals surface area contributed by atoms with E-state index in [1.54, 1.807) is 40.8 Å². The van der Waals surface area contributed by atoms with Gasteiger partial charge in [-0.2, -0.15) is 0 Å². The number of halogens is 1. The standard InChI is InChI=1S/C23H25ClN2O3/c1-6-26-20-10-8-16(12-19(20)18(14(2)3)13-22(26)27)25(4)23(28)17-9-7-15(24)11-21(17)29-5/h7-14H,6H2,1-5H3. The molecule has 0 aliphatic carbocycles. The molecular formula is C23H25ClN2O3. The molecule has 1 heterocycles. The minimum Gasteiger partial charge on any atom is -0.496 e. The highest BCUT2D eigenvalue weighted by molar-refractivity contribution is 6.31. The van der Waals surface area contributed by atoms with E-state index in [1.807, 2.05) is 25.1 Å². The first kappa shape index (κ1) is 20.9. The number of carbonyl (C=O) groups is 1. The fraction of sp³-hybridized carbons (Fsp3) is 0.304. The van der Waals surface area contributed by atoms with Gasteiger partial charge in [0, 0.05) is 35.8 Å². The number of methoxy groups -OCH3 is 1. The van der Waals surface area contributed by atoms with Crippen molar-refractivity contribution >= 4 is 34.1 Å². The number of hydrogen-bond donors (Lipinski definition) is 0. The number of fused-ring (bicyclic) bond motifs is 1. The lowest BCUT2D eigenvalue weighted by atomic mass is 9.98. The molecule has 3 aromatic rings. The van der Waals surface area contributed by atoms with E-state index in [4.69, 9.17) is 16.3 Å². The van der Waals surface area contributed by atoms with Gasteiger partial charge in [0.05, 0.1) is 18.2 Å². The van der Waals surface area contributed by atoms with Crippen molar-refractivity contribution < 1.29 is 9.53 Å². The highest BCUT2D eigenvalue weighted by atomic mass is 35.5. The summed E-state index contributed by atoms with van der Waals surface area (Å²) in [6.45, 7) is 6.66. The first-order valence-corrected chi connectivity index (χ1v) is 9.95. The van der Waals surface area contributed by atoms with Crippen LogP contribution in [-0.2, 0) is 6.54 Å². The zero-order chi connectivity index (χ0) is 21.3. The molecule has 0 bridgehead atoms. The van der Waals surface area contributed by atoms with Gasteiger partial charge in [0.15, 0.2) is 0 Å². The number of hydrogen-bond acceptors (Lipinski definition) is 3. The first-order valence-electron chi connectivity index (χ1n) is 9.57. The van der Waals surface area contributed by atoms with Gasteiger partial charge in [-0.25, -0.2) is 0 Å². The van der Waals surface area contributed by atoms with Gasteiger partial charge in [0.1, 0.15) is 5.75 Å². The molecule has 0 N–H and O–H groups in total. The Kier molecular flexibility index (Phi) is 5.99. The molecule has 0 aliphatic heterocycles. The molecule has 6 heteroatoms. The third-order valence-electron chi connectivity index (χ3n) is 5.15. The smallest absolute Gasteiger partial charge is 0.261 e. The van der Waals surface area contributed by atoms with Crippen LogP contribution in [0.2, 0.25) is 5.02 Å². The lowest BCUT2D eigenvalue weighted by Crippen LogP contribution is -2.27. The molecule has 0 atom stereocenters. The maximum absolute atomic E-state index is 13.1. The van der Waals surface area contributed by atoms with Crippen molar-refractivity contribution in [3.05, 3.63) is 69.0 Å². The summed E-state index contributed by atoms with van der Waals surface area (Å²) >= 11 is 6.02. The SMILES string of the molecule is CCn1c(=O)cc(C(C)C)c2cc(N(C)C(=O)c3ccc(Cl)cc3OC)ccc21. The highest BCUT2D eigenvalue weighted by Crippen LogP contribution is 2.30. The number of aromatic nitrogens is 1. The molecular weight excluding hydrogens is 388 g/mol. The van der Waals surface area contributed by atoms with Crippen LogP contribution in [0.15, 0.2) is 47.3 Å². The molecule has 0 unspecified atom stereocenters. The number of aryl methyl sites for hydroxylation is 1. The van der Waals surface area contributed by atoms with Crippen LogP contribution in [0.5, 0.6) is 5.75 Å². The molecule has 0 spiro atoms. The molecule has 0 aliphatic rings. The van der Waals surface area contributed by atoms with Gasteiger partial charge in [0.2, 0.25) is 0 Å². The molecule has 152 valence electrons. The van der Waals surface area contributed by atoms with Gasteiger partial charge in [-0.1, -0.05) is 25.4 Å². The summed E-state index contributed by atoms with van der Waals surface area (Å²) in [6.07, 6.45) is 0. The van der Waals surface area contributed by atoms with E-state index in [9.17, 15) is 9.59 Å². The Morgan fingerprint density at radius 3 is 2.52 bits per heavy atom. The summed E-state index contributed by atoms with van der Waals surface area (Å²) in [5.41, 5.74) is 3.01. The molecule has 0 saturated heterocycles. The van der Waals surface area contributed by atoms with Crippen LogP contribution in [0.1, 0.15) is 42.6 Å². The minimum atomic E-state index is -0.201. The van der Waals surface area contributed by atoms with Gasteiger partial charge in [0.25, 0.3) is 11.5 Å². The Labute approximate surface area is 175 Å². The van der Waals surface area contributed by atoms with Crippen LogP contribution in [0.4, 0.5) is 5.69 Å². The third kappa shape index (κ3) is 3.87. The average Bonchev–Trinajstić information content (AvgIpc) is 2.71. The van der Waals surface area contributed by atoms with Crippen molar-refractivity contribution in [3.8, 4) is 5.75 Å². The van der Waals surface area contributed by atoms with Crippen LogP contribution >= 0.6 is 11.6 Å². The lowest BCUT2D eigenvalue weighted by molar-refractivity contribution is 0.0990. The number of pyridine rings is 1. The second-order valence-electron chi connectivity index (χ2n) is 7.25. The van der Waals surface area contributed by atoms with Crippen LogP contribution in [0, 0.1) is 0 Å². The van der Waals surface area contributed by atoms with E-state index < -0.39 is 0 Å². The van der Waals surface area contributed by atoms with Crippen molar-refractivity contribution in [2.45, 2.75) is 33.2 Å². The van der Waals surface area contributed by atoms with Crippen LogP contribution in [0.25, 0.3) is 10.9 Å². The molecule has 2 aromatic carbocycles. The topological polar surface area (TPSA) is 51.5 Å². The van der Waals surface area contributed by atoms with Crippen molar-refractivity contribution in [2.24, 2.45) is 0 Å². The van der Waals surface area contributed by atoms with Gasteiger partial charge < -0.3 is 14.2 Å². The Morgan fingerprint density at radius 1 is 1.17 bits per heavy atom. The number of rotatable bonds is 5. The summed E-state index contributed by atoms with van der Waals surface area (Å²) in [7, 11) is 3.24. The fourth-order valence-electron chi connectivity index (χ4n) is 3.55. The first-order chi connectivity index (χ1) is 13.8. The Balaban J connectivity index is 2.13. The summed E-state index contributed by atoms with van der Waals surface area (Å²) < 4.78 is 7.07. The minimum absolute atomic E-state index is 0.00761. The number of amides is 1. The maximum atomic E-state index is 13.1. The number of anilines is 1. The van der Waals surface area contributed by atoms with Crippen LogP contribution in [0.3, 0.4) is 0 Å². The monoisotopic (exact) mass is 412 g/mol. The molecule has 0 radical (unpaired) electrons. The van der Waals surface area contributed by atoms with E-state index in [-0.39, 0.29) is 17.4 Å². The number of ether oxygens (including phenoxy) is 1. The summed E-state index contributed by atoms with van der Waals surface area (Å²) in [5, 5.41) is 1.48. The zero-order valence-corrected chi connectivity index (χ0v) is 18.1. The summed E-state index contributed by atoms with van der Waals surface area (Å²) in [4.78, 5) is 27.2. The normalized spacial score (nSPS) is 11.1. The largest absolute Gasteiger partial charge is 0.496 e. The van der Waals surface area contributed by atoms with E-state index in [0.717, 1.165) is 22.2 Å². The molecule has 1 amide bonds. The maximum Gasteiger partial charge on any atom is 0.261 e. The second kappa shape index (κ2) is 8.29. The second-order valence-corrected chi connectivity index (χ2v) is 7.68. The average molecular weight is 413 g/mol. The van der Waals surface area contributed by atoms with Crippen LogP contribution in [-0.4, -0.2) is 24.6 Å². The number of carbonyl (C=O) groups excluding carboxylic acids is 1. The predicted molar refractivity (Wildman–Crippen MR) is 119 cm³/mol. The lowest BCUT2D eigenvalue weighted by Gasteiger charge is -2.21. The van der Waals surface area contributed by atoms with Crippen molar-refractivity contribution in [1.29, 1.82) is 0 Å². The predicted octanol–water partition coefficient (Wildman–Crippen LogP) is 5.08. The van der Waals surface area contributed by atoms with E-state index in [2.05, 4.69) is 13.8 Å². The molecule has 5 nitrogen and oxygen atoms in total. The highest BCUT2D eigenvalue weighted by Gasteiger charge is 2.20. The molecule has 0 fully saturated rings. The third-order valence-corrected chi connectivity index (χ3v) is 5.39. The summed E-state index contributed by atoms with van der Waals surface area (Å²) in [5.74, 6) is 0.412. The van der Waals surface area contributed by atoms with E-state index >= 15 is 0 Å². The van der Waals surface area contributed by atoms with Crippen molar-refractivity contribution in [2.75, 3.05) is 19.1 Å². The summed E-state index contributed by atoms with van der Waals surface area (Å²) in [6, 6.07) is 12.4. The molecule has 0 saturated carbocycles. The van der Waals surface area contributed by atoms with Crippen molar-refractivity contribution in [1.82, 2.24) is 4.57 Å². The Hall–Kier alpha value is -2.79. The Bertz CT molecular complexity index is 1130. The van der Waals surface area contributed by atoms with Crippen molar-refractivity contribution in [3.63, 3.8) is 0 Å². The fourth-order valence-corrected chi connectivity index (χ4v) is 3.71. The quantitative estimate of drug-likeness (QED) is 0.587. The molecule has 3 rings (SSSR count). The van der Waals surface area contributed by atoms with E-state index in [0.29, 0.717) is 22.9 Å². The number of benzene rings is 2. The molecule has 1 aromatic heterocycles. The van der Waals surface area contributed by atoms with E-state index in [1.165, 1.54) is 7.11 Å². The Morgan fingerprint density at radius 2 is 1.90 bits per heavy atom. The van der Waals surface area contributed by atoms with Gasteiger partial charge >= 0.3 is 0 Å². The van der Waals surface area contributed by atoms with Gasteiger partial charge in [-0.15, -0.1) is 0 Å². The van der Waals surface area contributed by atoms with Gasteiger partial charge in [-0.3, -0.25) is 9.59 Å².